The van der Waals surface area contributed by atoms with Crippen LogP contribution in [-0.4, -0.2) is 26.2 Å². The van der Waals surface area contributed by atoms with Crippen molar-refractivity contribution in [1.29, 1.82) is 0 Å². The van der Waals surface area contributed by atoms with Gasteiger partial charge in [0.2, 0.25) is 0 Å². The van der Waals surface area contributed by atoms with Crippen LogP contribution in [0.3, 0.4) is 0 Å². The van der Waals surface area contributed by atoms with E-state index in [1.165, 1.54) is 4.68 Å². The first-order valence-corrected chi connectivity index (χ1v) is 6.38. The van der Waals surface area contributed by atoms with Crippen LogP contribution in [0, 0.1) is 0 Å². The lowest BCUT2D eigenvalue weighted by molar-refractivity contribution is 0.546. The molecule has 4 rings (SSSR count). The minimum Gasteiger partial charge on any atom is -0.290 e. The van der Waals surface area contributed by atoms with Crippen molar-refractivity contribution in [2.75, 3.05) is 0 Å². The molecule has 1 aromatic carbocycles. The summed E-state index contributed by atoms with van der Waals surface area (Å²) in [6.07, 6.45) is 6.15. The number of H-pyrrole nitrogens is 1. The summed E-state index contributed by atoms with van der Waals surface area (Å²) in [5.74, 6) is 0. The molecule has 0 bridgehead atoms. The van der Waals surface area contributed by atoms with Gasteiger partial charge in [-0.2, -0.15) is 0 Å². The van der Waals surface area contributed by atoms with Gasteiger partial charge in [0.15, 0.2) is 11.7 Å². The highest BCUT2D eigenvalue weighted by molar-refractivity contribution is 6.00. The molecule has 0 spiro atoms. The van der Waals surface area contributed by atoms with Crippen LogP contribution in [0.25, 0.3) is 21.9 Å². The number of hydrogen-bond donors (Lipinski definition) is 1. The summed E-state index contributed by atoms with van der Waals surface area (Å²) in [7, 11) is 0. The average Bonchev–Trinajstić information content (AvgIpc) is 2.86. The summed E-state index contributed by atoms with van der Waals surface area (Å²) >= 11 is 0. The third-order valence-electron chi connectivity index (χ3n) is 3.39. The fourth-order valence-corrected chi connectivity index (χ4v) is 2.42. The molecule has 1 atom stereocenters. The number of aliphatic imine (C=N–C) groups is 1. The molecule has 21 heavy (non-hydrogen) atoms. The van der Waals surface area contributed by atoms with Crippen LogP contribution in [0.4, 0.5) is 0 Å². The number of benzene rings is 1. The molecular weight excluding hydrogens is 290 g/mol. The van der Waals surface area contributed by atoms with Gasteiger partial charge in [0.1, 0.15) is 0 Å². The summed E-state index contributed by atoms with van der Waals surface area (Å²) in [5, 5.41) is 12.1. The Morgan fingerprint density at radius 3 is 2.90 bits per heavy atom. The van der Waals surface area contributed by atoms with E-state index in [9.17, 15) is 4.79 Å². The van der Waals surface area contributed by atoms with Crippen LogP contribution < -0.4 is 5.56 Å². The van der Waals surface area contributed by atoms with Crippen molar-refractivity contribution in [3.8, 4) is 0 Å². The first kappa shape index (κ1) is 13.5. The molecule has 106 valence electrons. The SMILES string of the molecule is Cl.O=c1c2nnc3ccccc3c2[nH]n1C1C=CCC=N1. The Kier molecular flexibility index (Phi) is 3.31. The maximum Gasteiger partial charge on any atom is 0.297 e. The number of aromatic amines is 1. The van der Waals surface area contributed by atoms with Crippen LogP contribution in [0.15, 0.2) is 46.2 Å². The summed E-state index contributed by atoms with van der Waals surface area (Å²) in [6.45, 7) is 0. The monoisotopic (exact) mass is 301 g/mol. The molecule has 6 nitrogen and oxygen atoms in total. The van der Waals surface area contributed by atoms with Crippen LogP contribution in [-0.2, 0) is 0 Å². The topological polar surface area (TPSA) is 75.9 Å². The molecule has 1 N–H and O–H groups in total. The number of nitrogens with one attached hydrogen (secondary N) is 1. The smallest absolute Gasteiger partial charge is 0.290 e. The lowest BCUT2D eigenvalue weighted by atomic mass is 10.2. The summed E-state index contributed by atoms with van der Waals surface area (Å²) in [4.78, 5) is 16.7. The predicted octanol–water partition coefficient (Wildman–Crippen LogP) is 2.22. The molecular formula is C14H12ClN5O. The molecule has 1 aliphatic rings. The van der Waals surface area contributed by atoms with Gasteiger partial charge in [-0.25, -0.2) is 4.68 Å². The van der Waals surface area contributed by atoms with E-state index in [0.717, 1.165) is 17.3 Å². The molecule has 0 aliphatic carbocycles. The maximum absolute atomic E-state index is 12.4. The molecule has 0 fully saturated rings. The van der Waals surface area contributed by atoms with Crippen molar-refractivity contribution in [3.05, 3.63) is 46.8 Å². The van der Waals surface area contributed by atoms with Crippen LogP contribution >= 0.6 is 12.4 Å². The first-order valence-electron chi connectivity index (χ1n) is 6.38. The van der Waals surface area contributed by atoms with Gasteiger partial charge in [-0.05, 0) is 12.1 Å². The van der Waals surface area contributed by atoms with Gasteiger partial charge < -0.3 is 0 Å². The second-order valence-electron chi connectivity index (χ2n) is 4.64. The van der Waals surface area contributed by atoms with Gasteiger partial charge in [0, 0.05) is 18.0 Å². The number of hydrogen-bond acceptors (Lipinski definition) is 4. The number of fused-ring (bicyclic) bond motifs is 3. The van der Waals surface area contributed by atoms with E-state index in [-0.39, 0.29) is 24.1 Å². The van der Waals surface area contributed by atoms with Crippen molar-refractivity contribution in [3.63, 3.8) is 0 Å². The van der Waals surface area contributed by atoms with Crippen molar-refractivity contribution in [1.82, 2.24) is 20.0 Å². The molecule has 7 heteroatoms. The maximum atomic E-state index is 12.4. The molecule has 0 saturated carbocycles. The molecule has 3 heterocycles. The van der Waals surface area contributed by atoms with Gasteiger partial charge >= 0.3 is 0 Å². The highest BCUT2D eigenvalue weighted by atomic mass is 35.5. The minimum atomic E-state index is -0.329. The van der Waals surface area contributed by atoms with Gasteiger partial charge in [-0.1, -0.05) is 24.3 Å². The van der Waals surface area contributed by atoms with E-state index in [0.29, 0.717) is 11.0 Å². The van der Waals surface area contributed by atoms with Gasteiger partial charge in [0.05, 0.1) is 11.0 Å². The van der Waals surface area contributed by atoms with E-state index >= 15 is 0 Å². The highest BCUT2D eigenvalue weighted by Gasteiger charge is 2.16. The standard InChI is InChI=1S/C14H11N5O.ClH/c20-14-13-12(9-5-1-2-6-10(9)16-17-13)18-19(14)11-7-3-4-8-15-11;/h1-3,5-8,11,18H,4H2;1H. The molecule has 0 amide bonds. The number of allylic oxidation sites excluding steroid dienone is 1. The van der Waals surface area contributed by atoms with Crippen LogP contribution in [0.2, 0.25) is 0 Å². The normalized spacial score (nSPS) is 17.2. The first-order chi connectivity index (χ1) is 9.84. The van der Waals surface area contributed by atoms with E-state index in [4.69, 9.17) is 0 Å². The average molecular weight is 302 g/mol. The second-order valence-corrected chi connectivity index (χ2v) is 4.64. The number of rotatable bonds is 1. The van der Waals surface area contributed by atoms with Crippen LogP contribution in [0.1, 0.15) is 12.6 Å². The lowest BCUT2D eigenvalue weighted by Gasteiger charge is -2.10. The highest BCUT2D eigenvalue weighted by Crippen LogP contribution is 2.19. The fourth-order valence-electron chi connectivity index (χ4n) is 2.42. The third kappa shape index (κ3) is 2.04. The zero-order valence-electron chi connectivity index (χ0n) is 10.9. The number of aromatic nitrogens is 4. The Labute approximate surface area is 125 Å². The van der Waals surface area contributed by atoms with E-state index in [1.54, 1.807) is 6.21 Å². The Bertz CT molecular complexity index is 912. The second kappa shape index (κ2) is 5.14. The third-order valence-corrected chi connectivity index (χ3v) is 3.39. The zero-order chi connectivity index (χ0) is 13.5. The Balaban J connectivity index is 0.00000132. The van der Waals surface area contributed by atoms with E-state index in [1.807, 2.05) is 36.4 Å². The molecule has 2 aromatic heterocycles. The molecule has 0 radical (unpaired) electrons. The predicted molar refractivity (Wildman–Crippen MR) is 84.2 cm³/mol. The quantitative estimate of drug-likeness (QED) is 0.700. The van der Waals surface area contributed by atoms with E-state index in [2.05, 4.69) is 20.3 Å². The number of nitrogens with zero attached hydrogens (tertiary/aromatic N) is 4. The van der Waals surface area contributed by atoms with Crippen molar-refractivity contribution in [2.24, 2.45) is 4.99 Å². The molecule has 0 saturated heterocycles. The number of halogens is 1. The molecule has 3 aromatic rings. The largest absolute Gasteiger partial charge is 0.297 e. The molecule has 1 aliphatic heterocycles. The Morgan fingerprint density at radius 2 is 2.10 bits per heavy atom. The van der Waals surface area contributed by atoms with Crippen LogP contribution in [0.5, 0.6) is 0 Å². The van der Waals surface area contributed by atoms with Gasteiger partial charge in [0.25, 0.3) is 5.56 Å². The van der Waals surface area contributed by atoms with Crippen molar-refractivity contribution >= 4 is 40.6 Å². The minimum absolute atomic E-state index is 0. The summed E-state index contributed by atoms with van der Waals surface area (Å²) in [5.41, 5.74) is 1.61. The van der Waals surface area contributed by atoms with Crippen molar-refractivity contribution < 1.29 is 0 Å². The lowest BCUT2D eigenvalue weighted by Crippen LogP contribution is -2.21. The van der Waals surface area contributed by atoms with E-state index < -0.39 is 0 Å². The zero-order valence-corrected chi connectivity index (χ0v) is 11.7. The van der Waals surface area contributed by atoms with Crippen molar-refractivity contribution in [2.45, 2.75) is 12.6 Å². The summed E-state index contributed by atoms with van der Waals surface area (Å²) in [6, 6.07) is 7.60. The Hall–Kier alpha value is -2.47. The number of dihydropyridines is 1. The van der Waals surface area contributed by atoms with Gasteiger partial charge in [-0.3, -0.25) is 14.9 Å². The van der Waals surface area contributed by atoms with Gasteiger partial charge in [-0.15, -0.1) is 22.6 Å². The Morgan fingerprint density at radius 1 is 1.24 bits per heavy atom. The molecule has 1 unspecified atom stereocenters. The summed E-state index contributed by atoms with van der Waals surface area (Å²) < 4.78 is 1.48. The fraction of sp³-hybridized carbons (Fsp3) is 0.143.